The van der Waals surface area contributed by atoms with E-state index in [1.54, 1.807) is 0 Å². The summed E-state index contributed by atoms with van der Waals surface area (Å²) >= 11 is 0. The number of hydrogen-bond acceptors (Lipinski definition) is 3. The number of carboxylic acids is 1. The normalized spacial score (nSPS) is 42.9. The zero-order valence-electron chi connectivity index (χ0n) is 8.45. The van der Waals surface area contributed by atoms with Crippen LogP contribution in [0.3, 0.4) is 0 Å². The first kappa shape index (κ1) is 9.93. The predicted molar refractivity (Wildman–Crippen MR) is 51.1 cm³/mol. The summed E-state index contributed by atoms with van der Waals surface area (Å²) < 4.78 is 5.47. The molecule has 2 N–H and O–H groups in total. The van der Waals surface area contributed by atoms with E-state index >= 15 is 0 Å². The molecule has 3 atom stereocenters. The van der Waals surface area contributed by atoms with Crippen molar-refractivity contribution in [3.05, 3.63) is 0 Å². The molecule has 1 spiro atoms. The van der Waals surface area contributed by atoms with Gasteiger partial charge in [0.15, 0.2) is 0 Å². The van der Waals surface area contributed by atoms with Crippen LogP contribution in [0.5, 0.6) is 0 Å². The van der Waals surface area contributed by atoms with E-state index in [0.717, 1.165) is 19.4 Å². The monoisotopic (exact) mass is 199 g/mol. The van der Waals surface area contributed by atoms with Crippen LogP contribution < -0.4 is 5.32 Å². The first-order valence-corrected chi connectivity index (χ1v) is 5.19. The van der Waals surface area contributed by atoms with Crippen molar-refractivity contribution in [2.45, 2.75) is 25.9 Å². The molecule has 0 aliphatic carbocycles. The third-order valence-corrected chi connectivity index (χ3v) is 3.56. The van der Waals surface area contributed by atoms with Crippen molar-refractivity contribution in [2.75, 3.05) is 19.7 Å². The molecule has 80 valence electrons. The molecule has 0 aromatic heterocycles. The molecule has 0 amide bonds. The van der Waals surface area contributed by atoms with Crippen LogP contribution >= 0.6 is 0 Å². The Kier molecular flexibility index (Phi) is 2.49. The van der Waals surface area contributed by atoms with Gasteiger partial charge < -0.3 is 15.2 Å². The van der Waals surface area contributed by atoms with Crippen molar-refractivity contribution in [3.8, 4) is 0 Å². The number of nitrogens with one attached hydrogen (secondary N) is 1. The van der Waals surface area contributed by atoms with E-state index in [2.05, 4.69) is 5.32 Å². The summed E-state index contributed by atoms with van der Waals surface area (Å²) in [6.45, 7) is 4.17. The molecular weight excluding hydrogens is 182 g/mol. The van der Waals surface area contributed by atoms with Crippen LogP contribution in [0.2, 0.25) is 0 Å². The number of hydrogen-bond donors (Lipinski definition) is 2. The molecule has 0 aromatic rings. The third-order valence-electron chi connectivity index (χ3n) is 3.56. The maximum Gasteiger partial charge on any atom is 0.308 e. The van der Waals surface area contributed by atoms with Crippen LogP contribution in [0, 0.1) is 11.3 Å². The Hall–Kier alpha value is -0.610. The zero-order chi connectivity index (χ0) is 10.2. The topological polar surface area (TPSA) is 58.6 Å². The van der Waals surface area contributed by atoms with Crippen LogP contribution in [0.4, 0.5) is 0 Å². The van der Waals surface area contributed by atoms with E-state index in [1.165, 1.54) is 0 Å². The number of carboxylic acid groups (broad SMARTS) is 1. The van der Waals surface area contributed by atoms with Gasteiger partial charge in [0.1, 0.15) is 0 Å². The van der Waals surface area contributed by atoms with Gasteiger partial charge in [0.25, 0.3) is 0 Å². The molecule has 2 heterocycles. The summed E-state index contributed by atoms with van der Waals surface area (Å²) in [5.41, 5.74) is -0.0521. The van der Waals surface area contributed by atoms with Crippen LogP contribution in [0.25, 0.3) is 0 Å². The minimum absolute atomic E-state index is 0.0521. The molecule has 0 aromatic carbocycles. The van der Waals surface area contributed by atoms with E-state index in [1.807, 2.05) is 6.92 Å². The minimum atomic E-state index is -0.663. The van der Waals surface area contributed by atoms with Gasteiger partial charge in [0.2, 0.25) is 0 Å². The number of rotatable bonds is 1. The average molecular weight is 199 g/mol. The summed E-state index contributed by atoms with van der Waals surface area (Å²) in [5, 5.41) is 12.3. The highest BCUT2D eigenvalue weighted by Gasteiger charge is 2.48. The van der Waals surface area contributed by atoms with Crippen LogP contribution in [0.15, 0.2) is 0 Å². The maximum atomic E-state index is 11.1. The lowest BCUT2D eigenvalue weighted by Crippen LogP contribution is -2.42. The number of ether oxygens (including phenoxy) is 1. The number of aliphatic carboxylic acids is 1. The van der Waals surface area contributed by atoms with Gasteiger partial charge >= 0.3 is 5.97 Å². The average Bonchev–Trinajstić information content (AvgIpc) is 2.48. The summed E-state index contributed by atoms with van der Waals surface area (Å²) in [6.07, 6.45) is 1.95. The van der Waals surface area contributed by atoms with E-state index in [4.69, 9.17) is 9.84 Å². The fraction of sp³-hybridized carbons (Fsp3) is 0.900. The van der Waals surface area contributed by atoms with Crippen LogP contribution in [-0.2, 0) is 9.53 Å². The van der Waals surface area contributed by atoms with Crippen molar-refractivity contribution in [1.29, 1.82) is 0 Å². The zero-order valence-corrected chi connectivity index (χ0v) is 8.45. The molecule has 2 fully saturated rings. The second-order valence-electron chi connectivity index (χ2n) is 4.52. The van der Waals surface area contributed by atoms with E-state index in [9.17, 15) is 4.79 Å². The lowest BCUT2D eigenvalue weighted by atomic mass is 9.70. The summed E-state index contributed by atoms with van der Waals surface area (Å²) in [4.78, 5) is 11.1. The second-order valence-corrected chi connectivity index (χ2v) is 4.52. The molecule has 2 aliphatic heterocycles. The molecule has 2 saturated heterocycles. The highest BCUT2D eigenvalue weighted by molar-refractivity contribution is 5.72. The van der Waals surface area contributed by atoms with Gasteiger partial charge in [-0.3, -0.25) is 4.79 Å². The fourth-order valence-electron chi connectivity index (χ4n) is 2.83. The quantitative estimate of drug-likeness (QED) is 0.644. The first-order valence-electron chi connectivity index (χ1n) is 5.19. The highest BCUT2D eigenvalue weighted by atomic mass is 16.5. The van der Waals surface area contributed by atoms with E-state index in [-0.39, 0.29) is 17.4 Å². The Labute approximate surface area is 83.6 Å². The Balaban J connectivity index is 2.16. The third kappa shape index (κ3) is 1.53. The van der Waals surface area contributed by atoms with Crippen LogP contribution in [-0.4, -0.2) is 36.9 Å². The Bertz CT molecular complexity index is 244. The number of carbonyl (C=O) groups is 1. The van der Waals surface area contributed by atoms with Gasteiger partial charge in [-0.1, -0.05) is 0 Å². The Morgan fingerprint density at radius 2 is 2.43 bits per heavy atom. The SMILES string of the molecule is CC1CC2(CCO1)CNCC2C(=O)O. The molecule has 0 saturated carbocycles. The van der Waals surface area contributed by atoms with Gasteiger partial charge in [0.05, 0.1) is 12.0 Å². The van der Waals surface area contributed by atoms with E-state index < -0.39 is 5.97 Å². The summed E-state index contributed by atoms with van der Waals surface area (Å²) in [5.74, 6) is -0.891. The molecule has 0 bridgehead atoms. The molecule has 2 aliphatic rings. The molecular formula is C10H17NO3. The largest absolute Gasteiger partial charge is 0.481 e. The van der Waals surface area contributed by atoms with Gasteiger partial charge in [-0.15, -0.1) is 0 Å². The van der Waals surface area contributed by atoms with Crippen molar-refractivity contribution < 1.29 is 14.6 Å². The molecule has 14 heavy (non-hydrogen) atoms. The van der Waals surface area contributed by atoms with Gasteiger partial charge in [0, 0.05) is 25.1 Å². The van der Waals surface area contributed by atoms with Crippen LogP contribution in [0.1, 0.15) is 19.8 Å². The molecule has 2 rings (SSSR count). The smallest absolute Gasteiger partial charge is 0.308 e. The van der Waals surface area contributed by atoms with Gasteiger partial charge in [-0.2, -0.15) is 0 Å². The van der Waals surface area contributed by atoms with Crippen molar-refractivity contribution in [1.82, 2.24) is 5.32 Å². The lowest BCUT2D eigenvalue weighted by Gasteiger charge is -2.39. The maximum absolute atomic E-state index is 11.1. The minimum Gasteiger partial charge on any atom is -0.481 e. The summed E-state index contributed by atoms with van der Waals surface area (Å²) in [7, 11) is 0. The standard InChI is InChI=1S/C10H17NO3/c1-7-4-10(2-3-14-7)6-11-5-8(10)9(12)13/h7-8,11H,2-6H2,1H3,(H,12,13). The molecule has 4 nitrogen and oxygen atoms in total. The van der Waals surface area contributed by atoms with Gasteiger partial charge in [-0.25, -0.2) is 0 Å². The fourth-order valence-corrected chi connectivity index (χ4v) is 2.83. The Morgan fingerprint density at radius 1 is 1.64 bits per heavy atom. The van der Waals surface area contributed by atoms with E-state index in [0.29, 0.717) is 13.2 Å². The van der Waals surface area contributed by atoms with Gasteiger partial charge in [-0.05, 0) is 19.8 Å². The second kappa shape index (κ2) is 3.51. The molecule has 3 unspecified atom stereocenters. The highest BCUT2D eigenvalue weighted by Crippen LogP contribution is 2.42. The van der Waals surface area contributed by atoms with Crippen molar-refractivity contribution >= 4 is 5.97 Å². The molecule has 0 radical (unpaired) electrons. The Morgan fingerprint density at radius 3 is 3.07 bits per heavy atom. The predicted octanol–water partition coefficient (Wildman–Crippen LogP) is 0.476. The first-order chi connectivity index (χ1) is 6.64. The van der Waals surface area contributed by atoms with Crippen molar-refractivity contribution in [2.24, 2.45) is 11.3 Å². The van der Waals surface area contributed by atoms with Crippen molar-refractivity contribution in [3.63, 3.8) is 0 Å². The lowest BCUT2D eigenvalue weighted by molar-refractivity contribution is -0.148. The molecule has 4 heteroatoms. The summed E-state index contributed by atoms with van der Waals surface area (Å²) in [6, 6.07) is 0.